The molecule has 4 heteroatoms. The van der Waals surface area contributed by atoms with Gasteiger partial charge in [0.15, 0.2) is 0 Å². The molecule has 4 nitrogen and oxygen atoms in total. The summed E-state index contributed by atoms with van der Waals surface area (Å²) in [4.78, 5) is 12.8. The number of aliphatic carboxylic acids is 1. The molecule has 0 amide bonds. The van der Waals surface area contributed by atoms with Gasteiger partial charge in [-0.15, -0.1) is 0 Å². The lowest BCUT2D eigenvalue weighted by Crippen LogP contribution is -2.67. The third kappa shape index (κ3) is 2.88. The highest BCUT2D eigenvalue weighted by molar-refractivity contribution is 5.76. The van der Waals surface area contributed by atoms with Crippen LogP contribution in [0.2, 0.25) is 0 Å². The van der Waals surface area contributed by atoms with Crippen molar-refractivity contribution >= 4 is 5.97 Å². The Kier molecular flexibility index (Phi) is 5.20. The highest BCUT2D eigenvalue weighted by Crippen LogP contribution is 2.75. The minimum atomic E-state index is -0.679. The van der Waals surface area contributed by atoms with Crippen LogP contribution in [0.15, 0.2) is 11.6 Å². The van der Waals surface area contributed by atoms with Crippen LogP contribution in [0.3, 0.4) is 0 Å². The van der Waals surface area contributed by atoms with Gasteiger partial charge in [0.25, 0.3) is 0 Å². The minimum Gasteiger partial charge on any atom is -0.481 e. The number of allylic oxidation sites excluding steroid dienone is 2. The molecule has 4 fully saturated rings. The van der Waals surface area contributed by atoms with Gasteiger partial charge >= 0.3 is 5.97 Å². The van der Waals surface area contributed by atoms with Crippen LogP contribution in [-0.4, -0.2) is 33.5 Å². The molecule has 5 aliphatic carbocycles. The highest BCUT2D eigenvalue weighted by Gasteiger charge is 2.70. The third-order valence-electron chi connectivity index (χ3n) is 13.0. The number of carboxylic acid groups (broad SMARTS) is 1. The molecule has 0 bridgehead atoms. The summed E-state index contributed by atoms with van der Waals surface area (Å²) in [6.45, 7) is 16.3. The van der Waals surface area contributed by atoms with Gasteiger partial charge in [0, 0.05) is 0 Å². The highest BCUT2D eigenvalue weighted by atomic mass is 16.4. The molecule has 5 rings (SSSR count). The zero-order valence-electron chi connectivity index (χ0n) is 22.6. The van der Waals surface area contributed by atoms with E-state index in [1.54, 1.807) is 0 Å². The first-order valence-electron chi connectivity index (χ1n) is 13.9. The van der Waals surface area contributed by atoms with Gasteiger partial charge in [0.05, 0.1) is 17.6 Å². The van der Waals surface area contributed by atoms with Crippen molar-refractivity contribution in [3.63, 3.8) is 0 Å². The monoisotopic (exact) mass is 472 g/mol. The van der Waals surface area contributed by atoms with E-state index >= 15 is 0 Å². The summed E-state index contributed by atoms with van der Waals surface area (Å²) in [6, 6.07) is 0. The van der Waals surface area contributed by atoms with E-state index in [9.17, 15) is 20.1 Å². The Morgan fingerprint density at radius 1 is 0.882 bits per heavy atom. The summed E-state index contributed by atoms with van der Waals surface area (Å²) < 4.78 is 0. The average Bonchev–Trinajstić information content (AvgIpc) is 2.72. The lowest BCUT2D eigenvalue weighted by atomic mass is 9.33. The van der Waals surface area contributed by atoms with Crippen LogP contribution < -0.4 is 0 Å². The Labute approximate surface area is 206 Å². The van der Waals surface area contributed by atoms with Gasteiger partial charge < -0.3 is 15.3 Å². The van der Waals surface area contributed by atoms with Gasteiger partial charge in [-0.25, -0.2) is 0 Å². The van der Waals surface area contributed by atoms with Crippen molar-refractivity contribution in [1.29, 1.82) is 0 Å². The Bertz CT molecular complexity index is 919. The Morgan fingerprint density at radius 3 is 2.18 bits per heavy atom. The Morgan fingerprint density at radius 2 is 1.53 bits per heavy atom. The summed E-state index contributed by atoms with van der Waals surface area (Å²) >= 11 is 0. The van der Waals surface area contributed by atoms with E-state index in [1.807, 2.05) is 0 Å². The molecule has 3 N–H and O–H groups in total. The SMILES string of the molecule is CC1(C)CC[C@]2(C(=O)O)CC[C@]3(C)C(=CC[C@@H]4[C@@]5(C)C[C@@H](O)[C@@H](O)C(C)(C)C5CC[C@]43C)[C@H]2C1. The van der Waals surface area contributed by atoms with Crippen LogP contribution in [0.5, 0.6) is 0 Å². The van der Waals surface area contributed by atoms with Crippen LogP contribution in [0.25, 0.3) is 0 Å². The molecule has 9 atom stereocenters. The molecule has 0 radical (unpaired) electrons. The standard InChI is InChI=1S/C30H48O4/c1-25(2)12-14-30(24(33)34)15-13-28(6)18(19(30)16-25)8-9-22-27(5)17-20(31)23(32)26(3,4)21(27)10-11-29(22,28)7/h8,19-23,31-32H,9-17H2,1-7H3,(H,33,34)/t19-,20-,21?,22-,23-,27+,28-,29-,30+/m1/s1. The fourth-order valence-corrected chi connectivity index (χ4v) is 10.8. The maximum atomic E-state index is 12.8. The second-order valence-electron chi connectivity index (χ2n) is 15.2. The number of aliphatic hydroxyl groups is 2. The van der Waals surface area contributed by atoms with Gasteiger partial charge in [-0.3, -0.25) is 4.79 Å². The van der Waals surface area contributed by atoms with E-state index < -0.39 is 23.6 Å². The van der Waals surface area contributed by atoms with E-state index in [0.717, 1.165) is 51.4 Å². The molecule has 34 heavy (non-hydrogen) atoms. The predicted octanol–water partition coefficient (Wildman–Crippen LogP) is 6.20. The molecule has 0 aromatic heterocycles. The minimum absolute atomic E-state index is 0.00785. The topological polar surface area (TPSA) is 77.8 Å². The quantitative estimate of drug-likeness (QED) is 0.397. The van der Waals surface area contributed by atoms with Crippen molar-refractivity contribution in [2.75, 3.05) is 0 Å². The van der Waals surface area contributed by atoms with E-state index in [-0.39, 0.29) is 33.0 Å². The summed E-state index contributed by atoms with van der Waals surface area (Å²) in [5, 5.41) is 32.4. The summed E-state index contributed by atoms with van der Waals surface area (Å²) in [5.74, 6) is 0.365. The zero-order chi connectivity index (χ0) is 25.1. The first-order valence-corrected chi connectivity index (χ1v) is 13.9. The fourth-order valence-electron chi connectivity index (χ4n) is 10.8. The van der Waals surface area contributed by atoms with Gasteiger partial charge in [-0.2, -0.15) is 0 Å². The molecule has 192 valence electrons. The summed E-state index contributed by atoms with van der Waals surface area (Å²) in [5.41, 5.74) is 0.754. The molecule has 4 saturated carbocycles. The lowest BCUT2D eigenvalue weighted by molar-refractivity contribution is -0.231. The van der Waals surface area contributed by atoms with E-state index in [1.165, 1.54) is 5.57 Å². The van der Waals surface area contributed by atoms with Crippen LogP contribution >= 0.6 is 0 Å². The number of rotatable bonds is 1. The van der Waals surface area contributed by atoms with Gasteiger partial charge in [-0.05, 0) is 103 Å². The van der Waals surface area contributed by atoms with Crippen molar-refractivity contribution in [1.82, 2.24) is 0 Å². The van der Waals surface area contributed by atoms with E-state index in [4.69, 9.17) is 0 Å². The van der Waals surface area contributed by atoms with Crippen LogP contribution in [0, 0.1) is 50.2 Å². The van der Waals surface area contributed by atoms with Crippen molar-refractivity contribution in [3.05, 3.63) is 11.6 Å². The molecule has 0 aromatic rings. The largest absolute Gasteiger partial charge is 0.481 e. The number of carbonyl (C=O) groups is 1. The zero-order valence-corrected chi connectivity index (χ0v) is 22.6. The smallest absolute Gasteiger partial charge is 0.310 e. The Hall–Kier alpha value is -0.870. The lowest BCUT2D eigenvalue weighted by Gasteiger charge is -2.71. The van der Waals surface area contributed by atoms with Crippen molar-refractivity contribution in [2.45, 2.75) is 118 Å². The number of hydrogen-bond donors (Lipinski definition) is 3. The predicted molar refractivity (Wildman–Crippen MR) is 134 cm³/mol. The Balaban J connectivity index is 1.61. The maximum absolute atomic E-state index is 12.8. The van der Waals surface area contributed by atoms with Gasteiger partial charge in [0.1, 0.15) is 0 Å². The molecule has 0 spiro atoms. The average molecular weight is 473 g/mol. The van der Waals surface area contributed by atoms with Gasteiger partial charge in [0.2, 0.25) is 0 Å². The first-order chi connectivity index (χ1) is 15.6. The van der Waals surface area contributed by atoms with E-state index in [2.05, 4.69) is 54.5 Å². The second kappa shape index (κ2) is 7.12. The molecule has 0 saturated heterocycles. The molecular weight excluding hydrogens is 424 g/mol. The van der Waals surface area contributed by atoms with Gasteiger partial charge in [-0.1, -0.05) is 60.1 Å². The van der Waals surface area contributed by atoms with Crippen molar-refractivity contribution < 1.29 is 20.1 Å². The summed E-state index contributed by atoms with van der Waals surface area (Å²) in [6.07, 6.45) is 9.45. The third-order valence-corrected chi connectivity index (χ3v) is 13.0. The summed E-state index contributed by atoms with van der Waals surface area (Å²) in [7, 11) is 0. The van der Waals surface area contributed by atoms with Crippen LogP contribution in [0.1, 0.15) is 106 Å². The molecule has 0 heterocycles. The fraction of sp³-hybridized carbons (Fsp3) is 0.900. The molecule has 0 aliphatic heterocycles. The molecular formula is C30H48O4. The number of hydrogen-bond acceptors (Lipinski definition) is 3. The number of carboxylic acids is 1. The van der Waals surface area contributed by atoms with Crippen LogP contribution in [0.4, 0.5) is 0 Å². The molecule has 5 aliphatic rings. The van der Waals surface area contributed by atoms with Crippen LogP contribution in [-0.2, 0) is 4.79 Å². The number of aliphatic hydroxyl groups excluding tert-OH is 2. The normalized spacial score (nSPS) is 53.4. The first kappa shape index (κ1) is 24.8. The second-order valence-corrected chi connectivity index (χ2v) is 15.2. The maximum Gasteiger partial charge on any atom is 0.310 e. The number of fused-ring (bicyclic) bond motifs is 7. The van der Waals surface area contributed by atoms with Crippen molar-refractivity contribution in [3.8, 4) is 0 Å². The molecule has 1 unspecified atom stereocenters. The van der Waals surface area contributed by atoms with E-state index in [0.29, 0.717) is 18.3 Å². The van der Waals surface area contributed by atoms with Crippen molar-refractivity contribution in [2.24, 2.45) is 50.2 Å². The molecule has 0 aromatic carbocycles.